The van der Waals surface area contributed by atoms with Crippen molar-refractivity contribution < 1.29 is 0 Å². The van der Waals surface area contributed by atoms with E-state index in [-0.39, 0.29) is 5.28 Å². The van der Waals surface area contributed by atoms with Gasteiger partial charge in [-0.3, -0.25) is 4.99 Å². The number of aliphatic imine (C=N–C) groups is 1. The first-order valence-corrected chi connectivity index (χ1v) is 4.47. The minimum absolute atomic E-state index is 0.119. The lowest BCUT2D eigenvalue weighted by molar-refractivity contribution is 1.15. The molecule has 0 unspecified atom stereocenters. The molecule has 0 saturated carbocycles. The molecule has 0 aliphatic carbocycles. The van der Waals surface area contributed by atoms with E-state index in [1.165, 1.54) is 12.4 Å². The Balaban J connectivity index is 3.22. The average molecular weight is 231 g/mol. The summed E-state index contributed by atoms with van der Waals surface area (Å²) in [7, 11) is 1.63. The molecule has 4 nitrogen and oxygen atoms in total. The van der Waals surface area contributed by atoms with Crippen LogP contribution in [-0.4, -0.2) is 23.2 Å². The van der Waals surface area contributed by atoms with E-state index in [1.807, 2.05) is 0 Å². The van der Waals surface area contributed by atoms with E-state index in [4.69, 9.17) is 28.9 Å². The van der Waals surface area contributed by atoms with Crippen LogP contribution < -0.4 is 5.73 Å². The van der Waals surface area contributed by atoms with Gasteiger partial charge in [0.15, 0.2) is 0 Å². The van der Waals surface area contributed by atoms with Crippen LogP contribution in [0.3, 0.4) is 0 Å². The molecule has 2 N–H and O–H groups in total. The number of nitrogens with zero attached hydrogens (tertiary/aromatic N) is 3. The van der Waals surface area contributed by atoms with Crippen molar-refractivity contribution in [3.05, 3.63) is 28.4 Å². The van der Waals surface area contributed by atoms with E-state index in [9.17, 15) is 0 Å². The van der Waals surface area contributed by atoms with E-state index in [2.05, 4.69) is 15.0 Å². The van der Waals surface area contributed by atoms with Crippen LogP contribution in [0.2, 0.25) is 10.3 Å². The minimum Gasteiger partial charge on any atom is -0.404 e. The molecule has 0 fully saturated rings. The minimum atomic E-state index is 0.119. The van der Waals surface area contributed by atoms with Gasteiger partial charge in [-0.15, -0.1) is 0 Å². The molecule has 0 radical (unpaired) electrons. The Morgan fingerprint density at radius 1 is 1.57 bits per heavy atom. The summed E-state index contributed by atoms with van der Waals surface area (Å²) in [4.78, 5) is 11.5. The lowest BCUT2D eigenvalue weighted by Gasteiger charge is -2.02. The van der Waals surface area contributed by atoms with Gasteiger partial charge in [-0.25, -0.2) is 9.97 Å². The molecule has 1 rings (SSSR count). The molecule has 14 heavy (non-hydrogen) atoms. The maximum atomic E-state index is 5.86. The Labute approximate surface area is 91.5 Å². The summed E-state index contributed by atoms with van der Waals surface area (Å²) < 4.78 is 0. The first-order valence-electron chi connectivity index (χ1n) is 3.71. The van der Waals surface area contributed by atoms with Crippen molar-refractivity contribution in [1.82, 2.24) is 9.97 Å². The highest BCUT2D eigenvalue weighted by molar-refractivity contribution is 6.34. The third kappa shape index (κ3) is 2.43. The maximum absolute atomic E-state index is 5.86. The van der Waals surface area contributed by atoms with E-state index < -0.39 is 0 Å². The SMILES string of the molecule is CN=CC(=CN)c1nc(Cl)ncc1Cl. The molecule has 74 valence electrons. The smallest absolute Gasteiger partial charge is 0.222 e. The number of rotatable bonds is 2. The molecule has 0 aliphatic rings. The van der Waals surface area contributed by atoms with Crippen LogP contribution in [0.25, 0.3) is 5.57 Å². The van der Waals surface area contributed by atoms with Crippen LogP contribution in [0.15, 0.2) is 17.4 Å². The summed E-state index contributed by atoms with van der Waals surface area (Å²) in [5.41, 5.74) is 6.47. The topological polar surface area (TPSA) is 64.2 Å². The summed E-state index contributed by atoms with van der Waals surface area (Å²) in [6, 6.07) is 0. The molecule has 0 bridgehead atoms. The molecule has 0 atom stereocenters. The van der Waals surface area contributed by atoms with Crippen molar-refractivity contribution >= 4 is 35.0 Å². The third-order valence-corrected chi connectivity index (χ3v) is 1.89. The van der Waals surface area contributed by atoms with E-state index >= 15 is 0 Å². The van der Waals surface area contributed by atoms with Crippen LogP contribution >= 0.6 is 23.2 Å². The molecule has 0 spiro atoms. The first-order chi connectivity index (χ1) is 6.69. The van der Waals surface area contributed by atoms with Gasteiger partial charge in [0.05, 0.1) is 16.9 Å². The Morgan fingerprint density at radius 2 is 2.29 bits per heavy atom. The lowest BCUT2D eigenvalue weighted by atomic mass is 10.2. The maximum Gasteiger partial charge on any atom is 0.222 e. The summed E-state index contributed by atoms with van der Waals surface area (Å²) in [5, 5.41) is 0.499. The standard InChI is InChI=1S/C8H8Cl2N4/c1-12-3-5(2-11)7-6(9)4-13-8(10)14-7/h2-4H,11H2,1H3. The normalized spacial score (nSPS) is 12.4. The zero-order valence-corrected chi connectivity index (χ0v) is 8.92. The van der Waals surface area contributed by atoms with Crippen molar-refractivity contribution in [2.45, 2.75) is 0 Å². The summed E-state index contributed by atoms with van der Waals surface area (Å²) in [5.74, 6) is 0. The summed E-state index contributed by atoms with van der Waals surface area (Å²) in [6.07, 6.45) is 4.32. The second-order valence-electron chi connectivity index (χ2n) is 2.34. The average Bonchev–Trinajstić information content (AvgIpc) is 2.18. The van der Waals surface area contributed by atoms with Gasteiger partial charge in [0, 0.05) is 25.0 Å². The third-order valence-electron chi connectivity index (χ3n) is 1.44. The van der Waals surface area contributed by atoms with Gasteiger partial charge in [-0.2, -0.15) is 0 Å². The van der Waals surface area contributed by atoms with E-state index in [0.29, 0.717) is 16.3 Å². The molecular formula is C8H8Cl2N4. The number of halogens is 2. The highest BCUT2D eigenvalue weighted by Gasteiger charge is 2.07. The van der Waals surface area contributed by atoms with Gasteiger partial charge < -0.3 is 5.73 Å². The predicted octanol–water partition coefficient (Wildman–Crippen LogP) is 1.78. The second kappa shape index (κ2) is 4.93. The number of hydrogen-bond donors (Lipinski definition) is 1. The first kappa shape index (κ1) is 10.9. The fourth-order valence-corrected chi connectivity index (χ4v) is 1.20. The Hall–Kier alpha value is -1.13. The van der Waals surface area contributed by atoms with Crippen LogP contribution in [0.4, 0.5) is 0 Å². The zero-order chi connectivity index (χ0) is 10.6. The van der Waals surface area contributed by atoms with Gasteiger partial charge in [-0.05, 0) is 11.6 Å². The molecule has 0 saturated heterocycles. The van der Waals surface area contributed by atoms with E-state index in [1.54, 1.807) is 13.3 Å². The Kier molecular flexibility index (Phi) is 3.85. The monoisotopic (exact) mass is 230 g/mol. The quantitative estimate of drug-likeness (QED) is 0.623. The highest BCUT2D eigenvalue weighted by atomic mass is 35.5. The molecular weight excluding hydrogens is 223 g/mol. The zero-order valence-electron chi connectivity index (χ0n) is 7.41. The van der Waals surface area contributed by atoms with Crippen LogP contribution in [0.5, 0.6) is 0 Å². The fourth-order valence-electron chi connectivity index (χ4n) is 0.870. The van der Waals surface area contributed by atoms with Gasteiger partial charge >= 0.3 is 0 Å². The molecule has 0 amide bonds. The Bertz CT molecular complexity index is 387. The molecule has 1 aromatic heterocycles. The molecule has 6 heteroatoms. The summed E-state index contributed by atoms with van der Waals surface area (Å²) >= 11 is 11.5. The van der Waals surface area contributed by atoms with Gasteiger partial charge in [-0.1, -0.05) is 11.6 Å². The largest absolute Gasteiger partial charge is 0.404 e. The van der Waals surface area contributed by atoms with Crippen LogP contribution in [-0.2, 0) is 0 Å². The van der Waals surface area contributed by atoms with Gasteiger partial charge in [0.1, 0.15) is 0 Å². The Morgan fingerprint density at radius 3 is 2.86 bits per heavy atom. The van der Waals surface area contributed by atoms with Crippen molar-refractivity contribution in [2.75, 3.05) is 7.05 Å². The molecule has 1 aromatic rings. The molecule has 1 heterocycles. The van der Waals surface area contributed by atoms with E-state index in [0.717, 1.165) is 0 Å². The predicted molar refractivity (Wildman–Crippen MR) is 58.6 cm³/mol. The van der Waals surface area contributed by atoms with Crippen molar-refractivity contribution in [3.63, 3.8) is 0 Å². The number of aromatic nitrogens is 2. The number of hydrogen-bond acceptors (Lipinski definition) is 4. The lowest BCUT2D eigenvalue weighted by Crippen LogP contribution is -1.97. The van der Waals surface area contributed by atoms with Crippen LogP contribution in [0, 0.1) is 0 Å². The molecule has 0 aliphatic heterocycles. The van der Waals surface area contributed by atoms with Crippen molar-refractivity contribution in [2.24, 2.45) is 10.7 Å². The molecule has 0 aromatic carbocycles. The second-order valence-corrected chi connectivity index (χ2v) is 3.09. The number of nitrogens with two attached hydrogens (primary N) is 1. The van der Waals surface area contributed by atoms with Gasteiger partial charge in [0.25, 0.3) is 0 Å². The van der Waals surface area contributed by atoms with Crippen LogP contribution in [0.1, 0.15) is 5.69 Å². The van der Waals surface area contributed by atoms with Crippen molar-refractivity contribution in [1.29, 1.82) is 0 Å². The number of allylic oxidation sites excluding steroid dienone is 1. The summed E-state index contributed by atoms with van der Waals surface area (Å²) in [6.45, 7) is 0. The highest BCUT2D eigenvalue weighted by Crippen LogP contribution is 2.20. The fraction of sp³-hybridized carbons (Fsp3) is 0.125. The van der Waals surface area contributed by atoms with Crippen molar-refractivity contribution in [3.8, 4) is 0 Å². The van der Waals surface area contributed by atoms with Gasteiger partial charge in [0.2, 0.25) is 5.28 Å².